The second-order valence-corrected chi connectivity index (χ2v) is 13.3. The van der Waals surface area contributed by atoms with Gasteiger partial charge in [0.2, 0.25) is 0 Å². The van der Waals surface area contributed by atoms with Crippen molar-refractivity contribution < 1.29 is 27.4 Å². The van der Waals surface area contributed by atoms with Gasteiger partial charge in [0.25, 0.3) is 0 Å². The van der Waals surface area contributed by atoms with Crippen LogP contribution in [0.25, 0.3) is 17.1 Å². The number of carbonyl (C=O) groups excluding carboxylic acids is 1. The number of alkyl halides is 3. The standard InChI is InChI=1S/C36H41F3N6O3S/c1-23(2)31-21-30(47-5)16-17-32(31)45-25(4)18-20-49-35(45)42-34(46)40-19-6-7-24(3)26-8-10-27(11-9-26)33-41-22-44(43-33)28-12-14-29(15-13-28)48-36(37,38)39/h8-17,21-25H,6-7,18-20H2,1-5H3,(H,40,46)/b42-35-. The van der Waals surface area contributed by atoms with Crippen LogP contribution in [0.1, 0.15) is 69.9 Å². The van der Waals surface area contributed by atoms with Crippen molar-refractivity contribution in [1.29, 1.82) is 0 Å². The second kappa shape index (κ2) is 15.8. The van der Waals surface area contributed by atoms with Crippen LogP contribution in [0, 0.1) is 0 Å². The number of rotatable bonds is 11. The predicted molar refractivity (Wildman–Crippen MR) is 188 cm³/mol. The molecule has 0 radical (unpaired) electrons. The molecule has 2 atom stereocenters. The Morgan fingerprint density at radius 2 is 1.78 bits per heavy atom. The maximum Gasteiger partial charge on any atom is 0.573 e. The lowest BCUT2D eigenvalue weighted by molar-refractivity contribution is -0.274. The van der Waals surface area contributed by atoms with E-state index < -0.39 is 6.36 Å². The Labute approximate surface area is 288 Å². The van der Waals surface area contributed by atoms with Crippen LogP contribution in [0.15, 0.2) is 78.0 Å². The topological polar surface area (TPSA) is 93.9 Å². The van der Waals surface area contributed by atoms with E-state index in [4.69, 9.17) is 4.74 Å². The van der Waals surface area contributed by atoms with Gasteiger partial charge in [-0.1, -0.05) is 56.8 Å². The van der Waals surface area contributed by atoms with Gasteiger partial charge in [-0.2, -0.15) is 4.99 Å². The van der Waals surface area contributed by atoms with E-state index >= 15 is 0 Å². The Hall–Kier alpha value is -4.52. The number of carbonyl (C=O) groups is 1. The van der Waals surface area contributed by atoms with Crippen LogP contribution in [0.5, 0.6) is 11.5 Å². The number of urea groups is 1. The summed E-state index contributed by atoms with van der Waals surface area (Å²) >= 11 is 1.61. The third kappa shape index (κ3) is 9.34. The number of aliphatic imine (C=N–C) groups is 1. The molecule has 2 unspecified atom stereocenters. The molecule has 13 heteroatoms. The molecule has 4 aromatic rings. The van der Waals surface area contributed by atoms with E-state index in [0.29, 0.717) is 23.2 Å². The normalized spacial score (nSPS) is 16.6. The van der Waals surface area contributed by atoms with Crippen LogP contribution in [0.4, 0.5) is 23.7 Å². The predicted octanol–water partition coefficient (Wildman–Crippen LogP) is 8.95. The maximum absolute atomic E-state index is 12.9. The molecule has 1 aliphatic rings. The highest BCUT2D eigenvalue weighted by Crippen LogP contribution is 2.37. The molecular formula is C36H41F3N6O3S. The molecule has 1 aromatic heterocycles. The Morgan fingerprint density at radius 1 is 1.06 bits per heavy atom. The van der Waals surface area contributed by atoms with Crippen LogP contribution in [-0.2, 0) is 0 Å². The molecule has 1 N–H and O–H groups in total. The molecule has 49 heavy (non-hydrogen) atoms. The van der Waals surface area contributed by atoms with Crippen molar-refractivity contribution in [3.8, 4) is 28.6 Å². The second-order valence-electron chi connectivity index (χ2n) is 12.3. The number of nitrogens with one attached hydrogen (secondary N) is 1. The summed E-state index contributed by atoms with van der Waals surface area (Å²) in [6.07, 6.45) is -0.573. The number of anilines is 1. The summed E-state index contributed by atoms with van der Waals surface area (Å²) in [5, 5.41) is 8.16. The van der Waals surface area contributed by atoms with Gasteiger partial charge in [-0.3, -0.25) is 0 Å². The SMILES string of the molecule is COc1ccc(N2/C(=N/C(=O)NCCCC(C)c3ccc(-c4ncn(-c5ccc(OC(F)(F)F)cc5)n4)cc3)SCCC2C)c(C(C)C)c1. The summed E-state index contributed by atoms with van der Waals surface area (Å²) in [5.41, 5.74) is 4.73. The number of nitrogens with zero attached hydrogens (tertiary/aromatic N) is 5. The molecule has 3 aromatic carbocycles. The lowest BCUT2D eigenvalue weighted by Gasteiger charge is -2.37. The van der Waals surface area contributed by atoms with Crippen molar-refractivity contribution >= 4 is 28.6 Å². The average Bonchev–Trinajstić information content (AvgIpc) is 3.57. The Balaban J connectivity index is 1.13. The number of methoxy groups -OCH3 is 1. The minimum Gasteiger partial charge on any atom is -0.497 e. The first-order valence-electron chi connectivity index (χ1n) is 16.3. The van der Waals surface area contributed by atoms with Gasteiger partial charge in [0.1, 0.15) is 17.8 Å². The minimum absolute atomic E-state index is 0.208. The zero-order chi connectivity index (χ0) is 35.1. The summed E-state index contributed by atoms with van der Waals surface area (Å²) in [6, 6.07) is 19.3. The lowest BCUT2D eigenvalue weighted by Crippen LogP contribution is -2.42. The molecule has 0 spiro atoms. The van der Waals surface area contributed by atoms with Crippen LogP contribution < -0.4 is 19.7 Å². The van der Waals surface area contributed by atoms with Crippen molar-refractivity contribution in [3.05, 3.63) is 84.2 Å². The zero-order valence-electron chi connectivity index (χ0n) is 28.2. The van der Waals surface area contributed by atoms with Gasteiger partial charge in [-0.05, 0) is 91.6 Å². The largest absolute Gasteiger partial charge is 0.573 e. The van der Waals surface area contributed by atoms with Crippen LogP contribution >= 0.6 is 11.8 Å². The van der Waals surface area contributed by atoms with E-state index in [1.165, 1.54) is 35.3 Å². The van der Waals surface area contributed by atoms with Crippen LogP contribution in [0.3, 0.4) is 0 Å². The van der Waals surface area contributed by atoms with Crippen molar-refractivity contribution in [3.63, 3.8) is 0 Å². The minimum atomic E-state index is -4.75. The number of hydrogen-bond donors (Lipinski definition) is 1. The number of halogens is 3. The first-order valence-corrected chi connectivity index (χ1v) is 17.2. The van der Waals surface area contributed by atoms with E-state index in [9.17, 15) is 18.0 Å². The molecule has 0 bridgehead atoms. The molecule has 260 valence electrons. The van der Waals surface area contributed by atoms with E-state index in [-0.39, 0.29) is 29.7 Å². The van der Waals surface area contributed by atoms with Gasteiger partial charge in [0, 0.05) is 29.6 Å². The summed E-state index contributed by atoms with van der Waals surface area (Å²) in [5.74, 6) is 2.44. The molecular weight excluding hydrogens is 653 g/mol. The van der Waals surface area contributed by atoms with Gasteiger partial charge in [0.05, 0.1) is 12.8 Å². The van der Waals surface area contributed by atoms with Crippen molar-refractivity contribution in [2.24, 2.45) is 4.99 Å². The average molecular weight is 695 g/mol. The molecule has 0 aliphatic carbocycles. The number of thioether (sulfide) groups is 1. The maximum atomic E-state index is 12.9. The molecule has 1 fully saturated rings. The lowest BCUT2D eigenvalue weighted by atomic mass is 9.95. The third-order valence-corrected chi connectivity index (χ3v) is 9.37. The Morgan fingerprint density at radius 3 is 2.45 bits per heavy atom. The van der Waals surface area contributed by atoms with Gasteiger partial charge >= 0.3 is 12.4 Å². The Bertz CT molecular complexity index is 1740. The van der Waals surface area contributed by atoms with E-state index in [0.717, 1.165) is 53.1 Å². The molecule has 9 nitrogen and oxygen atoms in total. The van der Waals surface area contributed by atoms with Gasteiger partial charge in [-0.15, -0.1) is 18.3 Å². The van der Waals surface area contributed by atoms with Crippen molar-refractivity contribution in [1.82, 2.24) is 20.1 Å². The van der Waals surface area contributed by atoms with E-state index in [1.807, 2.05) is 30.3 Å². The van der Waals surface area contributed by atoms with Gasteiger partial charge < -0.3 is 19.7 Å². The highest BCUT2D eigenvalue weighted by atomic mass is 32.2. The smallest absolute Gasteiger partial charge is 0.497 e. The zero-order valence-corrected chi connectivity index (χ0v) is 29.0. The van der Waals surface area contributed by atoms with Gasteiger partial charge in [0.15, 0.2) is 11.0 Å². The number of amides is 2. The fourth-order valence-corrected chi connectivity index (χ4v) is 6.86. The molecule has 5 rings (SSSR count). The Kier molecular flexibility index (Phi) is 11.5. The van der Waals surface area contributed by atoms with Crippen molar-refractivity contribution in [2.45, 2.75) is 71.2 Å². The third-order valence-electron chi connectivity index (χ3n) is 8.38. The molecule has 1 saturated heterocycles. The van der Waals surface area contributed by atoms with Gasteiger partial charge in [-0.25, -0.2) is 14.5 Å². The quantitative estimate of drug-likeness (QED) is 0.157. The molecule has 1 aliphatic heterocycles. The highest BCUT2D eigenvalue weighted by molar-refractivity contribution is 8.14. The number of benzene rings is 3. The summed E-state index contributed by atoms with van der Waals surface area (Å²) in [7, 11) is 1.67. The number of hydrogen-bond acceptors (Lipinski definition) is 6. The molecule has 2 amide bonds. The van der Waals surface area contributed by atoms with E-state index in [1.54, 1.807) is 18.9 Å². The summed E-state index contributed by atoms with van der Waals surface area (Å²) in [4.78, 5) is 24.0. The van der Waals surface area contributed by atoms with Crippen LogP contribution in [0.2, 0.25) is 0 Å². The van der Waals surface area contributed by atoms with E-state index in [2.05, 4.69) is 69.9 Å². The molecule has 0 saturated carbocycles. The summed E-state index contributed by atoms with van der Waals surface area (Å²) in [6.45, 7) is 9.14. The first-order chi connectivity index (χ1) is 23.4. The highest BCUT2D eigenvalue weighted by Gasteiger charge is 2.31. The number of amidine groups is 1. The number of ether oxygens (including phenoxy) is 2. The number of aromatic nitrogens is 3. The van der Waals surface area contributed by atoms with Crippen LogP contribution in [-0.4, -0.2) is 57.8 Å². The summed E-state index contributed by atoms with van der Waals surface area (Å²) < 4.78 is 48.2. The fourth-order valence-electron chi connectivity index (χ4n) is 5.65. The first kappa shape index (κ1) is 35.8. The molecule has 2 heterocycles. The van der Waals surface area contributed by atoms with Crippen molar-refractivity contribution in [2.75, 3.05) is 24.3 Å². The monoisotopic (exact) mass is 694 g/mol. The fraction of sp³-hybridized carbons (Fsp3) is 0.389.